The van der Waals surface area contributed by atoms with Crippen molar-refractivity contribution < 1.29 is 19.0 Å². The van der Waals surface area contributed by atoms with Gasteiger partial charge in [0.1, 0.15) is 12.7 Å². The normalized spacial score (nSPS) is 27.7. The third-order valence-electron chi connectivity index (χ3n) is 2.39. The molecule has 0 amide bonds. The van der Waals surface area contributed by atoms with E-state index in [0.717, 1.165) is 0 Å². The molecule has 1 heterocycles. The lowest BCUT2D eigenvalue weighted by Crippen LogP contribution is -2.37. The van der Waals surface area contributed by atoms with Gasteiger partial charge in [0.15, 0.2) is 5.79 Å². The summed E-state index contributed by atoms with van der Waals surface area (Å²) in [6.45, 7) is 9.61. The Morgan fingerprint density at radius 2 is 1.93 bits per heavy atom. The van der Waals surface area contributed by atoms with Crippen molar-refractivity contribution in [2.45, 2.75) is 58.5 Å². The minimum absolute atomic E-state index is 0.206. The van der Waals surface area contributed by atoms with E-state index in [1.807, 2.05) is 27.7 Å². The molecule has 0 aromatic heterocycles. The summed E-state index contributed by atoms with van der Waals surface area (Å²) in [6.07, 6.45) is 0.181. The van der Waals surface area contributed by atoms with Crippen molar-refractivity contribution >= 4 is 5.97 Å². The van der Waals surface area contributed by atoms with Crippen LogP contribution in [-0.2, 0) is 19.0 Å². The van der Waals surface area contributed by atoms with Crippen LogP contribution in [0, 0.1) is 0 Å². The molecule has 1 rings (SSSR count). The molecule has 0 aromatic rings. The summed E-state index contributed by atoms with van der Waals surface area (Å²) in [4.78, 5) is 11.0. The van der Waals surface area contributed by atoms with E-state index in [2.05, 4.69) is 0 Å². The Kier molecular flexibility index (Phi) is 3.41. The van der Waals surface area contributed by atoms with E-state index in [4.69, 9.17) is 14.2 Å². The van der Waals surface area contributed by atoms with Crippen LogP contribution in [0.25, 0.3) is 0 Å². The first-order chi connectivity index (χ1) is 6.77. The van der Waals surface area contributed by atoms with Crippen LogP contribution in [0.4, 0.5) is 0 Å². The first kappa shape index (κ1) is 12.5. The molecular formula is C11H20O4. The monoisotopic (exact) mass is 216 g/mol. The Balaban J connectivity index is 2.52. The smallest absolute Gasteiger partial charge is 0.305 e. The predicted octanol–water partition coefficient (Wildman–Crippen LogP) is 1.87. The van der Waals surface area contributed by atoms with E-state index >= 15 is 0 Å². The summed E-state index contributed by atoms with van der Waals surface area (Å²) in [7, 11) is 0. The Hall–Kier alpha value is -0.610. The van der Waals surface area contributed by atoms with Crippen molar-refractivity contribution in [3.63, 3.8) is 0 Å². The van der Waals surface area contributed by atoms with Gasteiger partial charge >= 0.3 is 5.97 Å². The first-order valence-electron chi connectivity index (χ1n) is 5.30. The molecule has 0 aliphatic carbocycles. The van der Waals surface area contributed by atoms with Gasteiger partial charge in [0.2, 0.25) is 0 Å². The lowest BCUT2D eigenvalue weighted by molar-refractivity contribution is -0.163. The maximum atomic E-state index is 11.0. The van der Waals surface area contributed by atoms with Gasteiger partial charge in [-0.2, -0.15) is 0 Å². The molecular weight excluding hydrogens is 196 g/mol. The summed E-state index contributed by atoms with van der Waals surface area (Å²) in [5.74, 6) is -0.814. The molecule has 0 spiro atoms. The molecule has 1 aliphatic heterocycles. The molecule has 1 atom stereocenters. The van der Waals surface area contributed by atoms with Crippen molar-refractivity contribution in [1.82, 2.24) is 0 Å². The molecule has 1 saturated heterocycles. The average molecular weight is 216 g/mol. The van der Waals surface area contributed by atoms with Crippen LogP contribution in [0.2, 0.25) is 0 Å². The first-order valence-corrected chi connectivity index (χ1v) is 5.30. The van der Waals surface area contributed by atoms with Crippen molar-refractivity contribution in [2.24, 2.45) is 0 Å². The number of carbonyl (C=O) groups excluding carboxylic acids is 1. The molecule has 1 fully saturated rings. The van der Waals surface area contributed by atoms with Crippen molar-refractivity contribution in [3.8, 4) is 0 Å². The molecule has 0 radical (unpaired) electrons. The van der Waals surface area contributed by atoms with Crippen LogP contribution in [-0.4, -0.2) is 30.1 Å². The third kappa shape index (κ3) is 3.18. The fourth-order valence-electron chi connectivity index (χ4n) is 1.71. The molecule has 4 heteroatoms. The standard InChI is InChI=1S/C11H20O4/c1-6-9(12)13-7-8-10(2,3)15-11(4,5)14-8/h8H,6-7H2,1-5H3/t8-/m0/s1. The maximum absolute atomic E-state index is 11.0. The van der Waals surface area contributed by atoms with E-state index in [-0.39, 0.29) is 18.7 Å². The van der Waals surface area contributed by atoms with Crippen LogP contribution in [0.15, 0.2) is 0 Å². The van der Waals surface area contributed by atoms with Crippen LogP contribution in [0.3, 0.4) is 0 Å². The van der Waals surface area contributed by atoms with Crippen molar-refractivity contribution in [1.29, 1.82) is 0 Å². The number of ether oxygens (including phenoxy) is 3. The second kappa shape index (κ2) is 4.10. The molecule has 0 N–H and O–H groups in total. The molecule has 4 nitrogen and oxygen atoms in total. The van der Waals surface area contributed by atoms with Gasteiger partial charge in [0.25, 0.3) is 0 Å². The lowest BCUT2D eigenvalue weighted by Gasteiger charge is -2.23. The number of esters is 1. The minimum Gasteiger partial charge on any atom is -0.463 e. The largest absolute Gasteiger partial charge is 0.463 e. The zero-order valence-electron chi connectivity index (χ0n) is 10.1. The highest BCUT2D eigenvalue weighted by Crippen LogP contribution is 2.35. The summed E-state index contributed by atoms with van der Waals surface area (Å²) in [6, 6.07) is 0. The molecule has 0 saturated carbocycles. The Bertz CT molecular complexity index is 245. The molecule has 1 aliphatic rings. The van der Waals surface area contributed by atoms with Crippen LogP contribution >= 0.6 is 0 Å². The highest BCUT2D eigenvalue weighted by molar-refractivity contribution is 5.68. The Morgan fingerprint density at radius 3 is 2.33 bits per heavy atom. The fraction of sp³-hybridized carbons (Fsp3) is 0.909. The fourth-order valence-corrected chi connectivity index (χ4v) is 1.71. The summed E-state index contributed by atoms with van der Waals surface area (Å²) < 4.78 is 16.4. The van der Waals surface area contributed by atoms with Crippen LogP contribution in [0.1, 0.15) is 41.0 Å². The Morgan fingerprint density at radius 1 is 1.33 bits per heavy atom. The van der Waals surface area contributed by atoms with E-state index in [1.54, 1.807) is 6.92 Å². The third-order valence-corrected chi connectivity index (χ3v) is 2.39. The predicted molar refractivity (Wildman–Crippen MR) is 55.4 cm³/mol. The number of rotatable bonds is 3. The average Bonchev–Trinajstić information content (AvgIpc) is 2.29. The van der Waals surface area contributed by atoms with Crippen LogP contribution in [0.5, 0.6) is 0 Å². The lowest BCUT2D eigenvalue weighted by atomic mass is 10.0. The second-order valence-corrected chi connectivity index (χ2v) is 4.75. The van der Waals surface area contributed by atoms with Crippen molar-refractivity contribution in [2.75, 3.05) is 6.61 Å². The van der Waals surface area contributed by atoms with E-state index in [0.29, 0.717) is 6.42 Å². The van der Waals surface area contributed by atoms with Crippen LogP contribution < -0.4 is 0 Å². The van der Waals surface area contributed by atoms with Gasteiger partial charge in [-0.15, -0.1) is 0 Å². The van der Waals surface area contributed by atoms with Gasteiger partial charge in [-0.05, 0) is 27.7 Å². The molecule has 0 unspecified atom stereocenters. The number of hydrogen-bond donors (Lipinski definition) is 0. The molecule has 15 heavy (non-hydrogen) atoms. The van der Waals surface area contributed by atoms with Gasteiger partial charge in [0, 0.05) is 6.42 Å². The van der Waals surface area contributed by atoms with Gasteiger partial charge in [-0.3, -0.25) is 4.79 Å². The second-order valence-electron chi connectivity index (χ2n) is 4.75. The Labute approximate surface area is 90.9 Å². The molecule has 0 aromatic carbocycles. The minimum atomic E-state index is -0.604. The zero-order chi connectivity index (χ0) is 11.7. The summed E-state index contributed by atoms with van der Waals surface area (Å²) in [5, 5.41) is 0. The van der Waals surface area contributed by atoms with Gasteiger partial charge in [-0.1, -0.05) is 6.92 Å². The zero-order valence-corrected chi connectivity index (χ0v) is 10.1. The summed E-state index contributed by atoms with van der Waals surface area (Å²) in [5.41, 5.74) is -0.419. The van der Waals surface area contributed by atoms with Gasteiger partial charge in [-0.25, -0.2) is 0 Å². The maximum Gasteiger partial charge on any atom is 0.305 e. The quantitative estimate of drug-likeness (QED) is 0.675. The van der Waals surface area contributed by atoms with Crippen molar-refractivity contribution in [3.05, 3.63) is 0 Å². The topological polar surface area (TPSA) is 44.8 Å². The number of carbonyl (C=O) groups is 1. The van der Waals surface area contributed by atoms with Gasteiger partial charge in [0.05, 0.1) is 5.60 Å². The van der Waals surface area contributed by atoms with E-state index < -0.39 is 11.4 Å². The highest BCUT2D eigenvalue weighted by atomic mass is 16.8. The molecule has 0 bridgehead atoms. The van der Waals surface area contributed by atoms with E-state index in [9.17, 15) is 4.79 Å². The van der Waals surface area contributed by atoms with Gasteiger partial charge < -0.3 is 14.2 Å². The summed E-state index contributed by atoms with van der Waals surface area (Å²) >= 11 is 0. The van der Waals surface area contributed by atoms with E-state index in [1.165, 1.54) is 0 Å². The number of hydrogen-bond acceptors (Lipinski definition) is 4. The SMILES string of the molecule is CCC(=O)OC[C@@H]1OC(C)(C)OC1(C)C. The molecule has 88 valence electrons. The highest BCUT2D eigenvalue weighted by Gasteiger charge is 2.47.